The first-order valence-corrected chi connectivity index (χ1v) is 7.17. The highest BCUT2D eigenvalue weighted by Crippen LogP contribution is 2.13. The molecule has 3 heteroatoms. The van der Waals surface area contributed by atoms with Crippen molar-refractivity contribution in [2.45, 2.75) is 39.7 Å². The van der Waals surface area contributed by atoms with Gasteiger partial charge in [0.1, 0.15) is 0 Å². The number of nitrogens with zero attached hydrogens (tertiary/aromatic N) is 1. The van der Waals surface area contributed by atoms with Gasteiger partial charge in [-0.3, -0.25) is 4.79 Å². The Bertz CT molecular complexity index is 332. The van der Waals surface area contributed by atoms with Gasteiger partial charge >= 0.3 is 0 Å². The van der Waals surface area contributed by atoms with Crippen molar-refractivity contribution >= 4 is 17.1 Å². The van der Waals surface area contributed by atoms with Crippen LogP contribution < -0.4 is 0 Å². The molecule has 0 aliphatic heterocycles. The zero-order valence-corrected chi connectivity index (χ0v) is 12.1. The first-order valence-electron chi connectivity index (χ1n) is 6.29. The van der Waals surface area contributed by atoms with Gasteiger partial charge in [-0.25, -0.2) is 0 Å². The third-order valence-electron chi connectivity index (χ3n) is 3.37. The Morgan fingerprint density at radius 3 is 2.65 bits per heavy atom. The molecular weight excluding hydrogens is 230 g/mol. The molecule has 17 heavy (non-hydrogen) atoms. The topological polar surface area (TPSA) is 20.3 Å². The minimum atomic E-state index is 0.283. The van der Waals surface area contributed by atoms with Crippen LogP contribution in [0.15, 0.2) is 17.5 Å². The molecule has 0 fully saturated rings. The molecule has 1 heterocycles. The largest absolute Gasteiger partial charge is 0.303 e. The molecule has 0 bridgehead atoms. The normalized spacial score (nSPS) is 13.3. The maximum absolute atomic E-state index is 11.8. The lowest BCUT2D eigenvalue weighted by atomic mass is 10.0. The Labute approximate surface area is 109 Å². The first-order chi connectivity index (χ1) is 8.02. The SMILES string of the molecule is CC(C)C(C)N(C)CCCC(=O)c1cccs1. The van der Waals surface area contributed by atoms with E-state index in [4.69, 9.17) is 0 Å². The van der Waals surface area contributed by atoms with E-state index in [2.05, 4.69) is 32.7 Å². The summed E-state index contributed by atoms with van der Waals surface area (Å²) in [7, 11) is 2.14. The molecule has 1 unspecified atom stereocenters. The lowest BCUT2D eigenvalue weighted by Crippen LogP contribution is -2.34. The summed E-state index contributed by atoms with van der Waals surface area (Å²) in [6, 6.07) is 4.42. The van der Waals surface area contributed by atoms with Crippen LogP contribution in [0, 0.1) is 5.92 Å². The predicted octanol–water partition coefficient (Wildman–Crippen LogP) is 3.69. The van der Waals surface area contributed by atoms with Gasteiger partial charge in [0.25, 0.3) is 0 Å². The van der Waals surface area contributed by atoms with Crippen LogP contribution in [-0.2, 0) is 0 Å². The highest BCUT2D eigenvalue weighted by Gasteiger charge is 2.13. The van der Waals surface area contributed by atoms with Crippen molar-refractivity contribution in [1.29, 1.82) is 0 Å². The quantitative estimate of drug-likeness (QED) is 0.691. The van der Waals surface area contributed by atoms with Crippen LogP contribution in [0.2, 0.25) is 0 Å². The van der Waals surface area contributed by atoms with Crippen molar-refractivity contribution in [2.75, 3.05) is 13.6 Å². The van der Waals surface area contributed by atoms with Crippen LogP contribution >= 0.6 is 11.3 Å². The molecule has 0 spiro atoms. The number of rotatable bonds is 7. The maximum Gasteiger partial charge on any atom is 0.172 e. The molecule has 0 amide bonds. The van der Waals surface area contributed by atoms with Gasteiger partial charge in [-0.15, -0.1) is 11.3 Å². The molecule has 0 radical (unpaired) electrons. The third-order valence-corrected chi connectivity index (χ3v) is 4.28. The van der Waals surface area contributed by atoms with E-state index in [0.29, 0.717) is 18.4 Å². The molecule has 96 valence electrons. The van der Waals surface area contributed by atoms with Crippen LogP contribution in [0.3, 0.4) is 0 Å². The Morgan fingerprint density at radius 2 is 2.12 bits per heavy atom. The number of Topliss-reactive ketones (excluding diaryl/α,β-unsaturated/α-hetero) is 1. The number of hydrogen-bond acceptors (Lipinski definition) is 3. The van der Waals surface area contributed by atoms with E-state index < -0.39 is 0 Å². The van der Waals surface area contributed by atoms with E-state index in [0.717, 1.165) is 17.8 Å². The highest BCUT2D eigenvalue weighted by atomic mass is 32.1. The van der Waals surface area contributed by atoms with Gasteiger partial charge in [0.05, 0.1) is 4.88 Å². The highest BCUT2D eigenvalue weighted by molar-refractivity contribution is 7.12. The zero-order valence-electron chi connectivity index (χ0n) is 11.3. The van der Waals surface area contributed by atoms with E-state index >= 15 is 0 Å². The van der Waals surface area contributed by atoms with E-state index in [9.17, 15) is 4.79 Å². The van der Waals surface area contributed by atoms with Gasteiger partial charge in [0.15, 0.2) is 5.78 Å². The fourth-order valence-corrected chi connectivity index (χ4v) is 2.46. The molecule has 0 aromatic carbocycles. The lowest BCUT2D eigenvalue weighted by Gasteiger charge is -2.27. The second-order valence-electron chi connectivity index (χ2n) is 4.97. The Morgan fingerprint density at radius 1 is 1.41 bits per heavy atom. The van der Waals surface area contributed by atoms with Crippen LogP contribution in [-0.4, -0.2) is 30.3 Å². The molecule has 1 atom stereocenters. The second-order valence-corrected chi connectivity index (χ2v) is 5.92. The number of hydrogen-bond donors (Lipinski definition) is 0. The minimum Gasteiger partial charge on any atom is -0.303 e. The summed E-state index contributed by atoms with van der Waals surface area (Å²) in [5.74, 6) is 0.943. The van der Waals surface area contributed by atoms with Gasteiger partial charge in [-0.05, 0) is 44.3 Å². The van der Waals surface area contributed by atoms with Crippen molar-refractivity contribution < 1.29 is 4.79 Å². The number of carbonyl (C=O) groups is 1. The molecule has 1 aromatic rings. The van der Waals surface area contributed by atoms with Crippen molar-refractivity contribution in [3.8, 4) is 0 Å². The van der Waals surface area contributed by atoms with Gasteiger partial charge in [0.2, 0.25) is 0 Å². The zero-order chi connectivity index (χ0) is 12.8. The fourth-order valence-electron chi connectivity index (χ4n) is 1.76. The second kappa shape index (κ2) is 6.92. The third kappa shape index (κ3) is 4.60. The summed E-state index contributed by atoms with van der Waals surface area (Å²) in [5.41, 5.74) is 0. The number of thiophene rings is 1. The predicted molar refractivity (Wildman–Crippen MR) is 74.8 cm³/mol. The van der Waals surface area contributed by atoms with Crippen LogP contribution in [0.1, 0.15) is 43.3 Å². The molecule has 0 N–H and O–H groups in total. The summed E-state index contributed by atoms with van der Waals surface area (Å²) in [6.45, 7) is 7.71. The molecular formula is C14H23NOS. The molecule has 2 nitrogen and oxygen atoms in total. The summed E-state index contributed by atoms with van der Waals surface area (Å²) in [6.07, 6.45) is 1.61. The van der Waals surface area contributed by atoms with Crippen molar-refractivity contribution in [1.82, 2.24) is 4.90 Å². The Hall–Kier alpha value is -0.670. The minimum absolute atomic E-state index is 0.283. The molecule has 1 aromatic heterocycles. The summed E-state index contributed by atoms with van der Waals surface area (Å²) in [5, 5.41) is 1.96. The Balaban J connectivity index is 2.26. The summed E-state index contributed by atoms with van der Waals surface area (Å²) < 4.78 is 0. The average Bonchev–Trinajstić information content (AvgIpc) is 2.80. The summed E-state index contributed by atoms with van der Waals surface area (Å²) >= 11 is 1.54. The monoisotopic (exact) mass is 253 g/mol. The summed E-state index contributed by atoms with van der Waals surface area (Å²) in [4.78, 5) is 15.0. The van der Waals surface area contributed by atoms with E-state index in [1.807, 2.05) is 17.5 Å². The van der Waals surface area contributed by atoms with E-state index in [1.54, 1.807) is 0 Å². The van der Waals surface area contributed by atoms with Gasteiger partial charge in [-0.2, -0.15) is 0 Å². The van der Waals surface area contributed by atoms with Crippen LogP contribution in [0.4, 0.5) is 0 Å². The number of carbonyl (C=O) groups excluding carboxylic acids is 1. The smallest absolute Gasteiger partial charge is 0.172 e. The molecule has 0 saturated carbocycles. The molecule has 0 aliphatic rings. The molecule has 0 saturated heterocycles. The van der Waals surface area contributed by atoms with Crippen molar-refractivity contribution in [3.05, 3.63) is 22.4 Å². The van der Waals surface area contributed by atoms with Gasteiger partial charge in [0, 0.05) is 12.5 Å². The van der Waals surface area contributed by atoms with Crippen molar-refractivity contribution in [3.63, 3.8) is 0 Å². The van der Waals surface area contributed by atoms with Gasteiger partial charge < -0.3 is 4.90 Å². The lowest BCUT2D eigenvalue weighted by molar-refractivity contribution is 0.0976. The first kappa shape index (κ1) is 14.4. The number of ketones is 1. The van der Waals surface area contributed by atoms with Crippen molar-refractivity contribution in [2.24, 2.45) is 5.92 Å². The van der Waals surface area contributed by atoms with Gasteiger partial charge in [-0.1, -0.05) is 19.9 Å². The van der Waals surface area contributed by atoms with Crippen LogP contribution in [0.25, 0.3) is 0 Å². The van der Waals surface area contributed by atoms with E-state index in [1.165, 1.54) is 11.3 Å². The average molecular weight is 253 g/mol. The maximum atomic E-state index is 11.8. The fraction of sp³-hybridized carbons (Fsp3) is 0.643. The van der Waals surface area contributed by atoms with E-state index in [-0.39, 0.29) is 5.78 Å². The Kier molecular flexibility index (Phi) is 5.86. The molecule has 0 aliphatic carbocycles. The van der Waals surface area contributed by atoms with Crippen LogP contribution in [0.5, 0.6) is 0 Å². The standard InChI is InChI=1S/C14H23NOS/c1-11(2)12(3)15(4)9-5-7-13(16)14-8-6-10-17-14/h6,8,10-12H,5,7,9H2,1-4H3. The molecule has 1 rings (SSSR count).